The maximum absolute atomic E-state index is 11.8. The summed E-state index contributed by atoms with van der Waals surface area (Å²) in [6.45, 7) is -0.215. The molecule has 6 heteroatoms. The van der Waals surface area contributed by atoms with E-state index in [9.17, 15) is 4.79 Å². The molecule has 0 saturated carbocycles. The van der Waals surface area contributed by atoms with Crippen LogP contribution in [0, 0.1) is 0 Å². The van der Waals surface area contributed by atoms with Crippen LogP contribution in [0.25, 0.3) is 16.4 Å². The predicted octanol–water partition coefficient (Wildman–Crippen LogP) is 1.32. The largest absolute Gasteiger partial charge is 0.390 e. The summed E-state index contributed by atoms with van der Waals surface area (Å²) in [5.41, 5.74) is 1.33. The van der Waals surface area contributed by atoms with Gasteiger partial charge in [0.15, 0.2) is 0 Å². The Labute approximate surface area is 100 Å². The first-order valence-corrected chi connectivity index (χ1v) is 5.38. The summed E-state index contributed by atoms with van der Waals surface area (Å²) in [5.74, 6) is 0. The second kappa shape index (κ2) is 3.58. The Morgan fingerprint density at radius 2 is 2.29 bits per heavy atom. The van der Waals surface area contributed by atoms with Gasteiger partial charge >= 0.3 is 5.69 Å². The van der Waals surface area contributed by atoms with Gasteiger partial charge < -0.3 is 10.1 Å². The van der Waals surface area contributed by atoms with E-state index in [0.717, 1.165) is 5.39 Å². The zero-order valence-corrected chi connectivity index (χ0v) is 9.40. The van der Waals surface area contributed by atoms with Crippen molar-refractivity contribution in [2.75, 3.05) is 0 Å². The summed E-state index contributed by atoms with van der Waals surface area (Å²) in [7, 11) is 0. The molecule has 0 bridgehead atoms. The number of nitrogens with one attached hydrogen (secondary N) is 1. The van der Waals surface area contributed by atoms with Crippen molar-refractivity contribution in [3.63, 3.8) is 0 Å². The van der Waals surface area contributed by atoms with Gasteiger partial charge in [-0.3, -0.25) is 0 Å². The number of aliphatic hydroxyl groups excluding tert-OH is 1. The van der Waals surface area contributed by atoms with Crippen LogP contribution in [-0.4, -0.2) is 19.7 Å². The highest BCUT2D eigenvalue weighted by atomic mass is 35.5. The molecular formula is C11H8ClN3O2. The summed E-state index contributed by atoms with van der Waals surface area (Å²) in [6.07, 6.45) is 0. The van der Waals surface area contributed by atoms with E-state index in [2.05, 4.69) is 10.1 Å². The molecule has 0 atom stereocenters. The fraction of sp³-hybridized carbons (Fsp3) is 0.0909. The number of hydrogen-bond acceptors (Lipinski definition) is 3. The van der Waals surface area contributed by atoms with Gasteiger partial charge in [-0.05, 0) is 18.2 Å². The predicted molar refractivity (Wildman–Crippen MR) is 64.3 cm³/mol. The number of aromatic nitrogens is 3. The van der Waals surface area contributed by atoms with Crippen LogP contribution in [0.3, 0.4) is 0 Å². The molecule has 17 heavy (non-hydrogen) atoms. The van der Waals surface area contributed by atoms with Gasteiger partial charge in [0.05, 0.1) is 28.4 Å². The average molecular weight is 250 g/mol. The summed E-state index contributed by atoms with van der Waals surface area (Å²) in [4.78, 5) is 14.4. The zero-order chi connectivity index (χ0) is 12.0. The highest BCUT2D eigenvalue weighted by Crippen LogP contribution is 2.25. The van der Waals surface area contributed by atoms with Gasteiger partial charge in [0, 0.05) is 5.39 Å². The van der Waals surface area contributed by atoms with E-state index in [0.29, 0.717) is 21.7 Å². The molecule has 0 saturated heterocycles. The molecule has 2 heterocycles. The lowest BCUT2D eigenvalue weighted by molar-refractivity contribution is 0.276. The molecule has 1 aromatic carbocycles. The normalized spacial score (nSPS) is 11.4. The average Bonchev–Trinajstić information content (AvgIpc) is 2.73. The van der Waals surface area contributed by atoms with Crippen molar-refractivity contribution in [1.29, 1.82) is 0 Å². The Bertz CT molecular complexity index is 775. The smallest absolute Gasteiger partial charge is 0.347 e. The van der Waals surface area contributed by atoms with E-state index in [1.54, 1.807) is 24.3 Å². The Balaban J connectivity index is 2.61. The maximum Gasteiger partial charge on any atom is 0.347 e. The molecule has 3 rings (SSSR count). The minimum atomic E-state index is -0.352. The molecule has 0 aliphatic carbocycles. The van der Waals surface area contributed by atoms with Crippen LogP contribution in [0.1, 0.15) is 5.69 Å². The molecular weight excluding hydrogens is 242 g/mol. The first-order valence-electron chi connectivity index (χ1n) is 5.01. The number of rotatable bonds is 1. The van der Waals surface area contributed by atoms with Crippen molar-refractivity contribution >= 4 is 28.0 Å². The first kappa shape index (κ1) is 10.3. The minimum absolute atomic E-state index is 0.215. The maximum atomic E-state index is 11.8. The number of aliphatic hydroxyl groups is 1. The van der Waals surface area contributed by atoms with Gasteiger partial charge in [-0.25, -0.2) is 4.79 Å². The Morgan fingerprint density at radius 1 is 1.47 bits per heavy atom. The number of halogens is 1. The van der Waals surface area contributed by atoms with Crippen LogP contribution in [-0.2, 0) is 6.61 Å². The van der Waals surface area contributed by atoms with E-state index >= 15 is 0 Å². The molecule has 0 aliphatic heterocycles. The summed E-state index contributed by atoms with van der Waals surface area (Å²) >= 11 is 6.12. The quantitative estimate of drug-likeness (QED) is 0.683. The molecule has 3 aromatic rings. The van der Waals surface area contributed by atoms with Gasteiger partial charge in [0.1, 0.15) is 0 Å². The topological polar surface area (TPSA) is 70.4 Å². The summed E-state index contributed by atoms with van der Waals surface area (Å²) in [5, 5.41) is 14.3. The van der Waals surface area contributed by atoms with Gasteiger partial charge in [0.2, 0.25) is 0 Å². The lowest BCUT2D eigenvalue weighted by Crippen LogP contribution is -2.17. The number of benzene rings is 1. The zero-order valence-electron chi connectivity index (χ0n) is 8.64. The molecule has 0 radical (unpaired) electrons. The second-order valence-electron chi connectivity index (χ2n) is 3.68. The highest BCUT2D eigenvalue weighted by molar-refractivity contribution is 6.36. The first-order chi connectivity index (χ1) is 8.20. The Hall–Kier alpha value is -1.85. The second-order valence-corrected chi connectivity index (χ2v) is 4.09. The van der Waals surface area contributed by atoms with Crippen LogP contribution in [0.4, 0.5) is 0 Å². The van der Waals surface area contributed by atoms with Crippen LogP contribution < -0.4 is 5.69 Å². The van der Waals surface area contributed by atoms with Crippen LogP contribution in [0.2, 0.25) is 5.02 Å². The lowest BCUT2D eigenvalue weighted by atomic mass is 10.2. The number of nitrogens with zero attached hydrogens (tertiary/aromatic N) is 2. The highest BCUT2D eigenvalue weighted by Gasteiger charge is 2.10. The SMILES string of the molecule is O=c1[nH]c2cccc(Cl)c2c2cc(CO)nn12. The van der Waals surface area contributed by atoms with E-state index in [4.69, 9.17) is 16.7 Å². The van der Waals surface area contributed by atoms with Crippen LogP contribution in [0.5, 0.6) is 0 Å². The molecule has 0 fully saturated rings. The fourth-order valence-corrected chi connectivity index (χ4v) is 2.17. The van der Waals surface area contributed by atoms with E-state index in [1.807, 2.05) is 0 Å². The van der Waals surface area contributed by atoms with Crippen LogP contribution >= 0.6 is 11.6 Å². The minimum Gasteiger partial charge on any atom is -0.390 e. The number of fused-ring (bicyclic) bond motifs is 3. The van der Waals surface area contributed by atoms with Crippen molar-refractivity contribution in [2.24, 2.45) is 0 Å². The van der Waals surface area contributed by atoms with Crippen molar-refractivity contribution in [2.45, 2.75) is 6.61 Å². The number of hydrogen-bond donors (Lipinski definition) is 2. The lowest BCUT2D eigenvalue weighted by Gasteiger charge is -2.01. The van der Waals surface area contributed by atoms with Gasteiger partial charge in [-0.2, -0.15) is 9.61 Å². The molecule has 0 unspecified atom stereocenters. The van der Waals surface area contributed by atoms with Crippen molar-refractivity contribution in [3.05, 3.63) is 45.5 Å². The molecule has 0 amide bonds. The number of H-pyrrole nitrogens is 1. The Morgan fingerprint density at radius 3 is 3.06 bits per heavy atom. The molecule has 5 nitrogen and oxygen atoms in total. The molecule has 0 aliphatic rings. The fourth-order valence-electron chi connectivity index (χ4n) is 1.90. The summed E-state index contributed by atoms with van der Waals surface area (Å²) < 4.78 is 1.21. The monoisotopic (exact) mass is 249 g/mol. The Kier molecular flexibility index (Phi) is 2.17. The van der Waals surface area contributed by atoms with Crippen molar-refractivity contribution in [3.8, 4) is 0 Å². The third-order valence-corrected chi connectivity index (χ3v) is 2.94. The van der Waals surface area contributed by atoms with Crippen molar-refractivity contribution < 1.29 is 5.11 Å². The van der Waals surface area contributed by atoms with E-state index < -0.39 is 0 Å². The van der Waals surface area contributed by atoms with Gasteiger partial charge in [-0.15, -0.1) is 0 Å². The van der Waals surface area contributed by atoms with Crippen LogP contribution in [0.15, 0.2) is 29.1 Å². The van der Waals surface area contributed by atoms with Gasteiger partial charge in [0.25, 0.3) is 0 Å². The molecule has 2 N–H and O–H groups in total. The molecule has 0 spiro atoms. The van der Waals surface area contributed by atoms with Crippen molar-refractivity contribution in [1.82, 2.24) is 14.6 Å². The standard InChI is InChI=1S/C11H8ClN3O2/c12-7-2-1-3-8-10(7)9-4-6(5-16)14-15(9)11(17)13-8/h1-4,16H,5H2,(H,13,17). The molecule has 2 aromatic heterocycles. The van der Waals surface area contributed by atoms with E-state index in [-0.39, 0.29) is 12.3 Å². The third kappa shape index (κ3) is 1.44. The number of aromatic amines is 1. The van der Waals surface area contributed by atoms with Gasteiger partial charge in [-0.1, -0.05) is 17.7 Å². The molecule has 86 valence electrons. The van der Waals surface area contributed by atoms with E-state index in [1.165, 1.54) is 4.52 Å². The summed E-state index contributed by atoms with van der Waals surface area (Å²) in [6, 6.07) is 6.94. The third-order valence-electron chi connectivity index (χ3n) is 2.63.